The second-order valence-electron chi connectivity index (χ2n) is 2.23. The Kier molecular flexibility index (Phi) is 2.32. The molecule has 0 unspecified atom stereocenters. The molecule has 0 spiro atoms. The van der Waals surface area contributed by atoms with Gasteiger partial charge in [0.2, 0.25) is 0 Å². The van der Waals surface area contributed by atoms with Crippen molar-refractivity contribution in [2.75, 3.05) is 19.1 Å². The van der Waals surface area contributed by atoms with Crippen LogP contribution < -0.4 is 5.01 Å². The monoisotopic (exact) mass is 203 g/mol. The Morgan fingerprint density at radius 3 is 2.70 bits per heavy atom. The molecule has 4 heteroatoms. The molecule has 0 radical (unpaired) electrons. The van der Waals surface area contributed by atoms with Crippen molar-refractivity contribution < 1.29 is 0 Å². The molecular weight excluding hydrogens is 194 g/mol. The fourth-order valence-corrected chi connectivity index (χ4v) is 0.930. The highest BCUT2D eigenvalue weighted by Gasteiger charge is 1.95. The molecule has 0 atom stereocenters. The lowest BCUT2D eigenvalue weighted by atomic mass is 10.6. The van der Waals surface area contributed by atoms with E-state index in [1.165, 1.54) is 0 Å². The van der Waals surface area contributed by atoms with Gasteiger partial charge in [0.25, 0.3) is 0 Å². The summed E-state index contributed by atoms with van der Waals surface area (Å²) in [7, 11) is 3.94. The van der Waals surface area contributed by atoms with Gasteiger partial charge in [-0.15, -0.1) is 0 Å². The largest absolute Gasteiger partial charge is 0.318 e. The molecule has 0 amide bonds. The summed E-state index contributed by atoms with van der Waals surface area (Å²) in [4.78, 5) is 4.13. The average molecular weight is 204 g/mol. The summed E-state index contributed by atoms with van der Waals surface area (Å²) < 4.78 is 1.93. The van der Waals surface area contributed by atoms with Gasteiger partial charge in [0.05, 0.1) is 11.9 Å². The standard InChI is InChI=1S/C6H10BrN3/c1-9(2)10-4-6(3-7)8-5-10/h4-5H,3H2,1-2H3. The van der Waals surface area contributed by atoms with Crippen LogP contribution in [-0.4, -0.2) is 23.8 Å². The first-order valence-electron chi connectivity index (χ1n) is 3.00. The lowest BCUT2D eigenvalue weighted by molar-refractivity contribution is 0.729. The van der Waals surface area contributed by atoms with E-state index >= 15 is 0 Å². The Balaban J connectivity index is 2.78. The van der Waals surface area contributed by atoms with Gasteiger partial charge in [0.15, 0.2) is 0 Å². The lowest BCUT2D eigenvalue weighted by Gasteiger charge is -2.11. The Labute approximate surface area is 68.8 Å². The molecule has 0 fully saturated rings. The van der Waals surface area contributed by atoms with Crippen molar-refractivity contribution in [3.63, 3.8) is 0 Å². The highest BCUT2D eigenvalue weighted by atomic mass is 79.9. The highest BCUT2D eigenvalue weighted by molar-refractivity contribution is 9.08. The molecule has 10 heavy (non-hydrogen) atoms. The van der Waals surface area contributed by atoms with Crippen molar-refractivity contribution in [2.45, 2.75) is 5.33 Å². The van der Waals surface area contributed by atoms with Gasteiger partial charge in [-0.1, -0.05) is 15.9 Å². The van der Waals surface area contributed by atoms with Crippen molar-refractivity contribution in [2.24, 2.45) is 0 Å². The smallest absolute Gasteiger partial charge is 0.114 e. The number of imidazole rings is 1. The predicted octanol–water partition coefficient (Wildman–Crippen LogP) is 0.976. The van der Waals surface area contributed by atoms with Gasteiger partial charge < -0.3 is 5.01 Å². The highest BCUT2D eigenvalue weighted by Crippen LogP contribution is 2.00. The molecule has 1 rings (SSSR count). The minimum atomic E-state index is 0.813. The molecule has 1 aromatic heterocycles. The Bertz CT molecular complexity index is 207. The van der Waals surface area contributed by atoms with Crippen molar-refractivity contribution in [1.29, 1.82) is 0 Å². The van der Waals surface area contributed by atoms with Crippen LogP contribution in [0.25, 0.3) is 0 Å². The Morgan fingerprint density at radius 1 is 1.70 bits per heavy atom. The van der Waals surface area contributed by atoms with Crippen molar-refractivity contribution in [3.8, 4) is 0 Å². The van der Waals surface area contributed by atoms with E-state index in [1.807, 2.05) is 30.0 Å². The molecule has 0 aliphatic heterocycles. The number of nitrogens with zero attached hydrogens (tertiary/aromatic N) is 3. The molecular formula is C6H10BrN3. The summed E-state index contributed by atoms with van der Waals surface area (Å²) >= 11 is 3.33. The average Bonchev–Trinajstić information content (AvgIpc) is 2.34. The first-order valence-corrected chi connectivity index (χ1v) is 4.12. The van der Waals surface area contributed by atoms with Crippen molar-refractivity contribution in [1.82, 2.24) is 9.66 Å². The summed E-state index contributed by atoms with van der Waals surface area (Å²) in [6.07, 6.45) is 3.77. The maximum atomic E-state index is 4.13. The third kappa shape index (κ3) is 1.50. The van der Waals surface area contributed by atoms with Crippen LogP contribution in [0.3, 0.4) is 0 Å². The summed E-state index contributed by atoms with van der Waals surface area (Å²) in [6.45, 7) is 0. The normalized spacial score (nSPS) is 9.90. The molecule has 0 bridgehead atoms. The van der Waals surface area contributed by atoms with Gasteiger partial charge >= 0.3 is 0 Å². The molecule has 0 saturated heterocycles. The van der Waals surface area contributed by atoms with Gasteiger partial charge in [-0.2, -0.15) is 0 Å². The van der Waals surface area contributed by atoms with Crippen LogP contribution in [0.5, 0.6) is 0 Å². The van der Waals surface area contributed by atoms with Crippen LogP contribution in [0, 0.1) is 0 Å². The van der Waals surface area contributed by atoms with Gasteiger partial charge in [0, 0.05) is 19.4 Å². The number of aromatic nitrogens is 2. The van der Waals surface area contributed by atoms with Crippen LogP contribution in [-0.2, 0) is 5.33 Å². The summed E-state index contributed by atoms with van der Waals surface area (Å²) in [5.74, 6) is 0. The molecule has 0 N–H and O–H groups in total. The zero-order valence-electron chi connectivity index (χ0n) is 6.08. The van der Waals surface area contributed by atoms with Gasteiger partial charge in [-0.25, -0.2) is 4.98 Å². The second-order valence-corrected chi connectivity index (χ2v) is 2.79. The Hall–Kier alpha value is -0.510. The van der Waals surface area contributed by atoms with Crippen LogP contribution >= 0.6 is 15.9 Å². The van der Waals surface area contributed by atoms with E-state index in [-0.39, 0.29) is 0 Å². The molecule has 0 aliphatic rings. The number of hydrogen-bond acceptors (Lipinski definition) is 2. The number of halogens is 1. The topological polar surface area (TPSA) is 21.1 Å². The molecule has 56 valence electrons. The summed E-state index contributed by atoms with van der Waals surface area (Å²) in [6, 6.07) is 0. The van der Waals surface area contributed by atoms with Crippen LogP contribution in [0.1, 0.15) is 5.69 Å². The minimum Gasteiger partial charge on any atom is -0.318 e. The predicted molar refractivity (Wildman–Crippen MR) is 44.9 cm³/mol. The van der Waals surface area contributed by atoms with E-state index < -0.39 is 0 Å². The molecule has 0 saturated carbocycles. The number of rotatable bonds is 2. The SMILES string of the molecule is CN(C)n1cnc(CBr)c1. The maximum Gasteiger partial charge on any atom is 0.114 e. The molecule has 0 aromatic carbocycles. The van der Waals surface area contributed by atoms with E-state index in [0.29, 0.717) is 0 Å². The van der Waals surface area contributed by atoms with Crippen molar-refractivity contribution >= 4 is 15.9 Å². The first-order chi connectivity index (χ1) is 4.74. The number of hydrogen-bond donors (Lipinski definition) is 0. The van der Waals surface area contributed by atoms with Gasteiger partial charge in [-0.05, 0) is 0 Å². The van der Waals surface area contributed by atoms with E-state index in [1.54, 1.807) is 6.33 Å². The van der Waals surface area contributed by atoms with Crippen LogP contribution in [0.2, 0.25) is 0 Å². The zero-order chi connectivity index (χ0) is 7.56. The van der Waals surface area contributed by atoms with Gasteiger partial charge in [0.1, 0.15) is 6.33 Å². The van der Waals surface area contributed by atoms with Crippen molar-refractivity contribution in [3.05, 3.63) is 18.2 Å². The second kappa shape index (κ2) is 3.05. The van der Waals surface area contributed by atoms with E-state index in [0.717, 1.165) is 11.0 Å². The van der Waals surface area contributed by atoms with E-state index in [9.17, 15) is 0 Å². The fourth-order valence-electron chi connectivity index (χ4n) is 0.640. The van der Waals surface area contributed by atoms with Crippen LogP contribution in [0.15, 0.2) is 12.5 Å². The Morgan fingerprint density at radius 2 is 2.40 bits per heavy atom. The zero-order valence-corrected chi connectivity index (χ0v) is 7.67. The van der Waals surface area contributed by atoms with E-state index in [2.05, 4.69) is 20.9 Å². The molecule has 0 aliphatic carbocycles. The molecule has 1 aromatic rings. The molecule has 3 nitrogen and oxygen atoms in total. The fraction of sp³-hybridized carbons (Fsp3) is 0.500. The third-order valence-electron chi connectivity index (χ3n) is 1.22. The summed E-state index contributed by atoms with van der Waals surface area (Å²) in [5, 5.41) is 2.77. The third-order valence-corrected chi connectivity index (χ3v) is 1.80. The van der Waals surface area contributed by atoms with Crippen LogP contribution in [0.4, 0.5) is 0 Å². The minimum absolute atomic E-state index is 0.813. The first kappa shape index (κ1) is 7.60. The quantitative estimate of drug-likeness (QED) is 0.669. The maximum absolute atomic E-state index is 4.13. The number of alkyl halides is 1. The van der Waals surface area contributed by atoms with Gasteiger partial charge in [-0.3, -0.25) is 4.68 Å². The van der Waals surface area contributed by atoms with E-state index in [4.69, 9.17) is 0 Å². The summed E-state index contributed by atoms with van der Waals surface area (Å²) in [5.41, 5.74) is 1.05. The molecule has 1 heterocycles. The lowest BCUT2D eigenvalue weighted by Crippen LogP contribution is -2.22.